The summed E-state index contributed by atoms with van der Waals surface area (Å²) in [5, 5.41) is 10.1. The molecular weight excluding hydrogens is 222 g/mol. The molecule has 0 radical (unpaired) electrons. The number of carboxylic acids is 1. The molecule has 0 aromatic heterocycles. The van der Waals surface area contributed by atoms with E-state index in [0.29, 0.717) is 12.1 Å². The molecule has 5 nitrogen and oxygen atoms in total. The molecule has 0 aliphatic carbocycles. The average molecular weight is 235 g/mol. The van der Waals surface area contributed by atoms with Gasteiger partial charge in [-0.3, -0.25) is 9.63 Å². The molecule has 1 saturated heterocycles. The number of para-hydroxylation sites is 1. The lowest BCUT2D eigenvalue weighted by Gasteiger charge is -2.17. The van der Waals surface area contributed by atoms with Crippen LogP contribution in [0.1, 0.15) is 30.1 Å². The first-order chi connectivity index (χ1) is 8.13. The van der Waals surface area contributed by atoms with E-state index in [1.165, 1.54) is 6.07 Å². The minimum absolute atomic E-state index is 0.0672. The van der Waals surface area contributed by atoms with Crippen molar-refractivity contribution < 1.29 is 19.5 Å². The second-order valence-corrected chi connectivity index (χ2v) is 3.85. The lowest BCUT2D eigenvalue weighted by molar-refractivity contribution is -0.119. The third-order valence-corrected chi connectivity index (χ3v) is 2.69. The third-order valence-electron chi connectivity index (χ3n) is 2.69. The van der Waals surface area contributed by atoms with Gasteiger partial charge in [-0.25, -0.2) is 4.79 Å². The Labute approximate surface area is 98.6 Å². The van der Waals surface area contributed by atoms with Crippen LogP contribution >= 0.6 is 0 Å². The van der Waals surface area contributed by atoms with Crippen molar-refractivity contribution in [3.8, 4) is 0 Å². The number of benzene rings is 1. The van der Waals surface area contributed by atoms with Crippen LogP contribution in [0.2, 0.25) is 0 Å². The van der Waals surface area contributed by atoms with E-state index in [1.807, 2.05) is 6.92 Å². The molecule has 2 rings (SSSR count). The SMILES string of the molecule is CCC1CC(=O)N(c2ccccc2C(=O)O)O1. The number of carbonyl (C=O) groups is 2. The van der Waals surface area contributed by atoms with E-state index in [4.69, 9.17) is 9.94 Å². The standard InChI is InChI=1S/C12H13NO4/c1-2-8-7-11(14)13(17-8)10-6-4-3-5-9(10)12(15)16/h3-6,8H,2,7H2,1H3,(H,15,16). The molecule has 0 saturated carbocycles. The zero-order chi connectivity index (χ0) is 12.4. The largest absolute Gasteiger partial charge is 0.478 e. The van der Waals surface area contributed by atoms with Gasteiger partial charge in [0, 0.05) is 0 Å². The summed E-state index contributed by atoms with van der Waals surface area (Å²) in [4.78, 5) is 28.2. The van der Waals surface area contributed by atoms with Crippen LogP contribution in [0.4, 0.5) is 5.69 Å². The fourth-order valence-electron chi connectivity index (χ4n) is 1.76. The Balaban J connectivity index is 2.35. The summed E-state index contributed by atoms with van der Waals surface area (Å²) in [6.45, 7) is 1.92. The van der Waals surface area contributed by atoms with Crippen molar-refractivity contribution in [2.24, 2.45) is 0 Å². The molecule has 1 amide bonds. The van der Waals surface area contributed by atoms with Crippen LogP contribution in [0, 0.1) is 0 Å². The lowest BCUT2D eigenvalue weighted by atomic mass is 10.1. The van der Waals surface area contributed by atoms with Gasteiger partial charge in [-0.15, -0.1) is 0 Å². The number of carbonyl (C=O) groups excluding carboxylic acids is 1. The molecule has 1 unspecified atom stereocenters. The van der Waals surface area contributed by atoms with Gasteiger partial charge in [0.05, 0.1) is 23.8 Å². The normalized spacial score (nSPS) is 19.7. The van der Waals surface area contributed by atoms with E-state index in [-0.39, 0.29) is 17.6 Å². The number of amides is 1. The van der Waals surface area contributed by atoms with E-state index < -0.39 is 5.97 Å². The maximum atomic E-state index is 11.7. The van der Waals surface area contributed by atoms with Gasteiger partial charge in [0.15, 0.2) is 0 Å². The Morgan fingerprint density at radius 3 is 2.82 bits per heavy atom. The molecule has 0 bridgehead atoms. The van der Waals surface area contributed by atoms with Crippen LogP contribution in [0.25, 0.3) is 0 Å². The van der Waals surface area contributed by atoms with Gasteiger partial charge < -0.3 is 5.11 Å². The van der Waals surface area contributed by atoms with Gasteiger partial charge in [0.1, 0.15) is 0 Å². The first kappa shape index (κ1) is 11.6. The number of rotatable bonds is 3. The van der Waals surface area contributed by atoms with Crippen molar-refractivity contribution in [1.82, 2.24) is 0 Å². The van der Waals surface area contributed by atoms with E-state index in [0.717, 1.165) is 11.5 Å². The van der Waals surface area contributed by atoms with Crippen molar-refractivity contribution in [2.45, 2.75) is 25.9 Å². The molecule has 5 heteroatoms. The van der Waals surface area contributed by atoms with Crippen LogP contribution < -0.4 is 5.06 Å². The number of hydroxylamine groups is 1. The van der Waals surface area contributed by atoms with Crippen molar-refractivity contribution in [1.29, 1.82) is 0 Å². The smallest absolute Gasteiger partial charge is 0.337 e. The van der Waals surface area contributed by atoms with E-state index in [1.54, 1.807) is 18.2 Å². The van der Waals surface area contributed by atoms with Crippen molar-refractivity contribution >= 4 is 17.6 Å². The molecule has 1 aromatic carbocycles. The highest BCUT2D eigenvalue weighted by Crippen LogP contribution is 2.28. The molecule has 1 aliphatic rings. The first-order valence-corrected chi connectivity index (χ1v) is 5.45. The molecule has 1 heterocycles. The summed E-state index contributed by atoms with van der Waals surface area (Å²) in [6.07, 6.45) is 0.853. The Bertz CT molecular complexity index is 458. The minimum Gasteiger partial charge on any atom is -0.478 e. The zero-order valence-corrected chi connectivity index (χ0v) is 9.42. The molecule has 1 N–H and O–H groups in total. The zero-order valence-electron chi connectivity index (χ0n) is 9.42. The maximum absolute atomic E-state index is 11.7. The summed E-state index contributed by atoms with van der Waals surface area (Å²) >= 11 is 0. The molecule has 90 valence electrons. The minimum atomic E-state index is -1.07. The lowest BCUT2D eigenvalue weighted by Crippen LogP contribution is -2.25. The van der Waals surface area contributed by atoms with Crippen molar-refractivity contribution in [3.63, 3.8) is 0 Å². The van der Waals surface area contributed by atoms with Gasteiger partial charge in [-0.1, -0.05) is 19.1 Å². The molecule has 1 fully saturated rings. The van der Waals surface area contributed by atoms with Crippen molar-refractivity contribution in [3.05, 3.63) is 29.8 Å². The number of aromatic carboxylic acids is 1. The predicted octanol–water partition coefficient (Wildman–Crippen LogP) is 1.83. The molecule has 1 aliphatic heterocycles. The van der Waals surface area contributed by atoms with Crippen molar-refractivity contribution in [2.75, 3.05) is 5.06 Å². The van der Waals surface area contributed by atoms with Crippen LogP contribution in [0.15, 0.2) is 24.3 Å². The molecule has 17 heavy (non-hydrogen) atoms. The van der Waals surface area contributed by atoms with Gasteiger partial charge in [0.2, 0.25) is 0 Å². The summed E-state index contributed by atoms with van der Waals surface area (Å²) in [5.74, 6) is -1.28. The Morgan fingerprint density at radius 1 is 1.53 bits per heavy atom. The molecule has 1 aromatic rings. The number of anilines is 1. The Morgan fingerprint density at radius 2 is 2.24 bits per heavy atom. The fraction of sp³-hybridized carbons (Fsp3) is 0.333. The van der Waals surface area contributed by atoms with Gasteiger partial charge >= 0.3 is 5.97 Å². The van der Waals surface area contributed by atoms with Crippen LogP contribution in [-0.4, -0.2) is 23.1 Å². The highest BCUT2D eigenvalue weighted by molar-refractivity contribution is 6.01. The molecule has 1 atom stereocenters. The van der Waals surface area contributed by atoms with Gasteiger partial charge in [-0.05, 0) is 18.6 Å². The number of carboxylic acid groups (broad SMARTS) is 1. The van der Waals surface area contributed by atoms with Gasteiger partial charge in [0.25, 0.3) is 5.91 Å². The van der Waals surface area contributed by atoms with Gasteiger partial charge in [-0.2, -0.15) is 5.06 Å². The second kappa shape index (κ2) is 4.55. The van der Waals surface area contributed by atoms with Crippen LogP contribution in [0.5, 0.6) is 0 Å². The topological polar surface area (TPSA) is 66.8 Å². The predicted molar refractivity (Wildman–Crippen MR) is 60.7 cm³/mol. The third kappa shape index (κ3) is 2.14. The summed E-state index contributed by atoms with van der Waals surface area (Å²) in [6, 6.07) is 6.31. The maximum Gasteiger partial charge on any atom is 0.337 e. The summed E-state index contributed by atoms with van der Waals surface area (Å²) in [7, 11) is 0. The fourth-order valence-corrected chi connectivity index (χ4v) is 1.76. The average Bonchev–Trinajstić information content (AvgIpc) is 2.70. The monoisotopic (exact) mass is 235 g/mol. The van der Waals surface area contributed by atoms with Crippen LogP contribution in [-0.2, 0) is 9.63 Å². The molecular formula is C12H13NO4. The molecule has 0 spiro atoms. The van der Waals surface area contributed by atoms with E-state index in [9.17, 15) is 9.59 Å². The highest BCUT2D eigenvalue weighted by atomic mass is 16.7. The van der Waals surface area contributed by atoms with Crippen LogP contribution in [0.3, 0.4) is 0 Å². The first-order valence-electron chi connectivity index (χ1n) is 5.45. The van der Waals surface area contributed by atoms with E-state index >= 15 is 0 Å². The van der Waals surface area contributed by atoms with E-state index in [2.05, 4.69) is 0 Å². The summed E-state index contributed by atoms with van der Waals surface area (Å²) < 4.78 is 0. The number of hydrogen-bond donors (Lipinski definition) is 1. The summed E-state index contributed by atoms with van der Waals surface area (Å²) in [5.41, 5.74) is 0.360. The quantitative estimate of drug-likeness (QED) is 0.867. The highest BCUT2D eigenvalue weighted by Gasteiger charge is 2.33. The Kier molecular flexibility index (Phi) is 3.10. The number of hydrogen-bond acceptors (Lipinski definition) is 3. The number of nitrogens with zero attached hydrogens (tertiary/aromatic N) is 1. The Hall–Kier alpha value is -1.88. The second-order valence-electron chi connectivity index (χ2n) is 3.85.